The number of carbonyl (C=O) groups is 2. The Morgan fingerprint density at radius 1 is 1.00 bits per heavy atom. The van der Waals surface area contributed by atoms with Crippen molar-refractivity contribution >= 4 is 17.6 Å². The summed E-state index contributed by atoms with van der Waals surface area (Å²) in [6, 6.07) is 22.7. The number of hydrogen-bond acceptors (Lipinski definition) is 4. The van der Waals surface area contributed by atoms with Crippen LogP contribution >= 0.6 is 0 Å². The van der Waals surface area contributed by atoms with Gasteiger partial charge in [0.25, 0.3) is 5.91 Å². The van der Waals surface area contributed by atoms with E-state index in [0.717, 1.165) is 23.4 Å². The molecule has 170 valence electrons. The predicted molar refractivity (Wildman–Crippen MR) is 126 cm³/mol. The number of benzene rings is 3. The molecule has 1 aliphatic rings. The molecule has 7 heteroatoms. The lowest BCUT2D eigenvalue weighted by Gasteiger charge is -2.22. The van der Waals surface area contributed by atoms with Crippen LogP contribution in [0.2, 0.25) is 0 Å². The average Bonchev–Trinajstić information content (AvgIpc) is 3.44. The second-order valence-electron chi connectivity index (χ2n) is 8.20. The van der Waals surface area contributed by atoms with Gasteiger partial charge in [-0.1, -0.05) is 36.4 Å². The Morgan fingerprint density at radius 2 is 1.71 bits per heavy atom. The van der Waals surface area contributed by atoms with Crippen LogP contribution in [0.1, 0.15) is 22.8 Å². The van der Waals surface area contributed by atoms with Crippen LogP contribution in [-0.4, -0.2) is 34.3 Å². The monoisotopic (exact) mass is 455 g/mol. The SMILES string of the molecule is CC1Cc2ccccc2N1C(=O)COC(=O)c1cn(-c2ccccc2)nc1-c1ccc(F)cc1. The van der Waals surface area contributed by atoms with Crippen molar-refractivity contribution in [2.24, 2.45) is 0 Å². The zero-order chi connectivity index (χ0) is 23.7. The lowest BCUT2D eigenvalue weighted by molar-refractivity contribution is -0.122. The Kier molecular flexibility index (Phi) is 5.67. The van der Waals surface area contributed by atoms with Crippen molar-refractivity contribution in [3.05, 3.63) is 102 Å². The van der Waals surface area contributed by atoms with Gasteiger partial charge in [0.05, 0.1) is 5.69 Å². The van der Waals surface area contributed by atoms with E-state index in [4.69, 9.17) is 4.74 Å². The number of aromatic nitrogens is 2. The second-order valence-corrected chi connectivity index (χ2v) is 8.20. The molecule has 5 rings (SSSR count). The highest BCUT2D eigenvalue weighted by Crippen LogP contribution is 2.32. The molecule has 0 saturated carbocycles. The quantitative estimate of drug-likeness (QED) is 0.405. The number of hydrogen-bond donors (Lipinski definition) is 0. The molecule has 1 amide bonds. The van der Waals surface area contributed by atoms with Crippen LogP contribution in [0, 0.1) is 5.82 Å². The van der Waals surface area contributed by atoms with E-state index in [-0.39, 0.29) is 23.3 Å². The molecule has 0 spiro atoms. The van der Waals surface area contributed by atoms with E-state index in [1.165, 1.54) is 12.1 Å². The van der Waals surface area contributed by atoms with Gasteiger partial charge in [0, 0.05) is 23.5 Å². The summed E-state index contributed by atoms with van der Waals surface area (Å²) in [6.45, 7) is 1.58. The van der Waals surface area contributed by atoms with Gasteiger partial charge in [-0.05, 0) is 61.4 Å². The fourth-order valence-corrected chi connectivity index (χ4v) is 4.28. The van der Waals surface area contributed by atoms with E-state index < -0.39 is 12.6 Å². The van der Waals surface area contributed by atoms with Crippen molar-refractivity contribution < 1.29 is 18.7 Å². The summed E-state index contributed by atoms with van der Waals surface area (Å²) < 4.78 is 20.5. The smallest absolute Gasteiger partial charge is 0.342 e. The maximum atomic E-state index is 13.5. The summed E-state index contributed by atoms with van der Waals surface area (Å²) >= 11 is 0. The van der Waals surface area contributed by atoms with Crippen LogP contribution in [0.5, 0.6) is 0 Å². The zero-order valence-electron chi connectivity index (χ0n) is 18.5. The fraction of sp³-hybridized carbons (Fsp3) is 0.148. The predicted octanol–water partition coefficient (Wildman–Crippen LogP) is 4.81. The largest absolute Gasteiger partial charge is 0.452 e. The highest BCUT2D eigenvalue weighted by atomic mass is 19.1. The van der Waals surface area contributed by atoms with Gasteiger partial charge in [-0.25, -0.2) is 13.9 Å². The summed E-state index contributed by atoms with van der Waals surface area (Å²) in [6.07, 6.45) is 2.32. The fourth-order valence-electron chi connectivity index (χ4n) is 4.28. The summed E-state index contributed by atoms with van der Waals surface area (Å²) in [5, 5.41) is 4.55. The number of rotatable bonds is 5. The Morgan fingerprint density at radius 3 is 2.47 bits per heavy atom. The second kappa shape index (κ2) is 8.94. The number of esters is 1. The Balaban J connectivity index is 1.40. The van der Waals surface area contributed by atoms with Gasteiger partial charge in [0.1, 0.15) is 17.1 Å². The van der Waals surface area contributed by atoms with Gasteiger partial charge in [-0.15, -0.1) is 0 Å². The van der Waals surface area contributed by atoms with Crippen LogP contribution in [0.15, 0.2) is 85.1 Å². The summed E-state index contributed by atoms with van der Waals surface area (Å²) in [7, 11) is 0. The first-order chi connectivity index (χ1) is 16.5. The zero-order valence-corrected chi connectivity index (χ0v) is 18.5. The van der Waals surface area contributed by atoms with Gasteiger partial charge in [0.2, 0.25) is 0 Å². The van der Waals surface area contributed by atoms with Crippen LogP contribution in [-0.2, 0) is 16.0 Å². The number of carbonyl (C=O) groups excluding carboxylic acids is 2. The topological polar surface area (TPSA) is 64.4 Å². The third-order valence-corrected chi connectivity index (χ3v) is 5.88. The molecule has 34 heavy (non-hydrogen) atoms. The summed E-state index contributed by atoms with van der Waals surface area (Å²) in [4.78, 5) is 27.7. The minimum atomic E-state index is -0.671. The van der Waals surface area contributed by atoms with E-state index in [2.05, 4.69) is 5.10 Å². The van der Waals surface area contributed by atoms with E-state index in [0.29, 0.717) is 11.3 Å². The van der Waals surface area contributed by atoms with Crippen LogP contribution < -0.4 is 4.90 Å². The highest BCUT2D eigenvalue weighted by Gasteiger charge is 2.31. The number of fused-ring (bicyclic) bond motifs is 1. The lowest BCUT2D eigenvalue weighted by Crippen LogP contribution is -2.38. The standard InChI is InChI=1S/C27H22FN3O3/c1-18-15-20-7-5-6-10-24(20)31(18)25(32)17-34-27(33)23-16-30(22-8-3-2-4-9-22)29-26(23)19-11-13-21(28)14-12-19/h2-14,16,18H,15,17H2,1H3. The van der Waals surface area contributed by atoms with Crippen LogP contribution in [0.25, 0.3) is 16.9 Å². The van der Waals surface area contributed by atoms with Gasteiger partial charge < -0.3 is 9.64 Å². The Hall–Kier alpha value is -4.26. The Labute approximate surface area is 196 Å². The first-order valence-electron chi connectivity index (χ1n) is 11.0. The van der Waals surface area contributed by atoms with Crippen molar-refractivity contribution in [1.82, 2.24) is 9.78 Å². The highest BCUT2D eigenvalue weighted by molar-refractivity contribution is 6.00. The minimum Gasteiger partial charge on any atom is -0.452 e. The van der Waals surface area contributed by atoms with Crippen molar-refractivity contribution in [3.63, 3.8) is 0 Å². The molecule has 0 radical (unpaired) electrons. The molecule has 1 unspecified atom stereocenters. The molecular weight excluding hydrogens is 433 g/mol. The normalized spacial score (nSPS) is 14.6. The molecule has 0 N–H and O–H groups in total. The third kappa shape index (κ3) is 4.08. The minimum absolute atomic E-state index is 0.0146. The van der Waals surface area contributed by atoms with Gasteiger partial charge in [0.15, 0.2) is 6.61 Å². The number of para-hydroxylation sites is 2. The average molecular weight is 455 g/mol. The number of anilines is 1. The molecule has 1 atom stereocenters. The number of amides is 1. The third-order valence-electron chi connectivity index (χ3n) is 5.88. The van der Waals surface area contributed by atoms with Gasteiger partial charge >= 0.3 is 5.97 Å². The molecule has 2 heterocycles. The Bertz CT molecular complexity index is 1350. The van der Waals surface area contributed by atoms with Crippen molar-refractivity contribution in [1.29, 1.82) is 0 Å². The van der Waals surface area contributed by atoms with Crippen molar-refractivity contribution in [3.8, 4) is 16.9 Å². The molecule has 1 aliphatic heterocycles. The number of nitrogens with zero attached hydrogens (tertiary/aromatic N) is 3. The first-order valence-corrected chi connectivity index (χ1v) is 11.0. The van der Waals surface area contributed by atoms with Crippen molar-refractivity contribution in [2.75, 3.05) is 11.5 Å². The van der Waals surface area contributed by atoms with Crippen LogP contribution in [0.3, 0.4) is 0 Å². The molecule has 6 nitrogen and oxygen atoms in total. The maximum absolute atomic E-state index is 13.5. The molecule has 3 aromatic carbocycles. The maximum Gasteiger partial charge on any atom is 0.342 e. The molecule has 0 saturated heterocycles. The number of ether oxygens (including phenoxy) is 1. The molecule has 0 aliphatic carbocycles. The van der Waals surface area contributed by atoms with Crippen LogP contribution in [0.4, 0.5) is 10.1 Å². The first kappa shape index (κ1) is 21.6. The van der Waals surface area contributed by atoms with Gasteiger partial charge in [-0.2, -0.15) is 5.10 Å². The lowest BCUT2D eigenvalue weighted by atomic mass is 10.1. The van der Waals surface area contributed by atoms with Gasteiger partial charge in [-0.3, -0.25) is 4.79 Å². The van der Waals surface area contributed by atoms with E-state index >= 15 is 0 Å². The van der Waals surface area contributed by atoms with E-state index in [1.54, 1.807) is 27.9 Å². The molecular formula is C27H22FN3O3. The molecule has 0 bridgehead atoms. The van der Waals surface area contributed by atoms with E-state index in [9.17, 15) is 14.0 Å². The number of halogens is 1. The van der Waals surface area contributed by atoms with Crippen molar-refractivity contribution in [2.45, 2.75) is 19.4 Å². The molecule has 0 fully saturated rings. The summed E-state index contributed by atoms with van der Waals surface area (Å²) in [5.41, 5.74) is 3.80. The van der Waals surface area contributed by atoms with E-state index in [1.807, 2.05) is 61.5 Å². The summed E-state index contributed by atoms with van der Waals surface area (Å²) in [5.74, 6) is -1.35. The molecule has 1 aromatic heterocycles. The molecule has 4 aromatic rings.